The lowest BCUT2D eigenvalue weighted by Gasteiger charge is -2.63. The third kappa shape index (κ3) is 3.71. The highest BCUT2D eigenvalue weighted by molar-refractivity contribution is 6.02. The van der Waals surface area contributed by atoms with Gasteiger partial charge in [0.1, 0.15) is 7.05 Å². The van der Waals surface area contributed by atoms with Crippen molar-refractivity contribution in [2.45, 2.75) is 103 Å². The molecule has 8 rings (SSSR count). The summed E-state index contributed by atoms with van der Waals surface area (Å²) in [4.78, 5) is 0. The van der Waals surface area contributed by atoms with Gasteiger partial charge in [0.2, 0.25) is 11.4 Å². The molecule has 46 heavy (non-hydrogen) atoms. The van der Waals surface area contributed by atoms with Crippen LogP contribution in [0.4, 0.5) is 0 Å². The molecule has 0 radical (unpaired) electrons. The normalized spacial score (nSPS) is 23.2. The minimum Gasteiger partial charge on any atom is -0.201 e. The summed E-state index contributed by atoms with van der Waals surface area (Å²) >= 11 is 0. The Bertz CT molecular complexity index is 2030. The second-order valence-electron chi connectivity index (χ2n) is 15.3. The van der Waals surface area contributed by atoms with Crippen LogP contribution in [0, 0.1) is 12.8 Å². The van der Waals surface area contributed by atoms with Crippen LogP contribution in [-0.4, -0.2) is 0 Å². The van der Waals surface area contributed by atoms with Crippen molar-refractivity contribution >= 4 is 10.8 Å². The molecule has 1 saturated carbocycles. The zero-order chi connectivity index (χ0) is 32.0. The van der Waals surface area contributed by atoms with E-state index in [2.05, 4.69) is 143 Å². The zero-order valence-electron chi connectivity index (χ0n) is 29.0. The highest BCUT2D eigenvalue weighted by atomic mass is 15.1. The molecule has 2 heteroatoms. The summed E-state index contributed by atoms with van der Waals surface area (Å²) in [6.07, 6.45) is 12.9. The van der Waals surface area contributed by atoms with Crippen molar-refractivity contribution < 1.29 is 9.13 Å². The molecule has 2 aromatic heterocycles. The fourth-order valence-electron chi connectivity index (χ4n) is 10.6. The Morgan fingerprint density at radius 2 is 1.65 bits per heavy atom. The number of hydrogen-bond acceptors (Lipinski definition) is 0. The van der Waals surface area contributed by atoms with Crippen molar-refractivity contribution in [3.63, 3.8) is 0 Å². The van der Waals surface area contributed by atoms with Gasteiger partial charge in [-0.1, -0.05) is 89.1 Å². The summed E-state index contributed by atoms with van der Waals surface area (Å²) in [5.41, 5.74) is 14.8. The molecule has 5 aromatic rings. The average Bonchev–Trinajstić information content (AvgIpc) is 3.05. The summed E-state index contributed by atoms with van der Waals surface area (Å²) in [6.45, 7) is 14.4. The number of hydrogen-bond donors (Lipinski definition) is 0. The van der Waals surface area contributed by atoms with E-state index in [1.165, 1.54) is 74.8 Å². The summed E-state index contributed by atoms with van der Waals surface area (Å²) in [5.74, 6) is 0.566. The van der Waals surface area contributed by atoms with Gasteiger partial charge >= 0.3 is 0 Å². The van der Waals surface area contributed by atoms with Crippen molar-refractivity contribution in [2.75, 3.05) is 0 Å². The molecule has 1 aliphatic heterocycles. The SMILES string of the molecule is CCCCc1cc2c3c4[n+](ccc3c1)C1(CC)CC(Cc3ccc(C)cc3-c3cccc[n+]3C)C1(CC)c1cccc(c1-4)C2(C)C. The van der Waals surface area contributed by atoms with E-state index in [1.807, 2.05) is 0 Å². The van der Waals surface area contributed by atoms with E-state index in [-0.39, 0.29) is 16.4 Å². The predicted octanol–water partition coefficient (Wildman–Crippen LogP) is 9.61. The average molecular weight is 607 g/mol. The van der Waals surface area contributed by atoms with Crippen LogP contribution < -0.4 is 9.13 Å². The maximum atomic E-state index is 2.80. The molecule has 0 spiro atoms. The number of pyridine rings is 2. The van der Waals surface area contributed by atoms with Crippen LogP contribution in [0.3, 0.4) is 0 Å². The van der Waals surface area contributed by atoms with Crippen molar-refractivity contribution in [1.82, 2.24) is 0 Å². The van der Waals surface area contributed by atoms with Gasteiger partial charge in [0.05, 0.1) is 16.4 Å². The van der Waals surface area contributed by atoms with Gasteiger partial charge < -0.3 is 0 Å². The van der Waals surface area contributed by atoms with E-state index < -0.39 is 0 Å². The maximum Gasteiger partial charge on any atom is 0.221 e. The van der Waals surface area contributed by atoms with Crippen LogP contribution in [0.1, 0.15) is 100 Å². The lowest BCUT2D eigenvalue weighted by molar-refractivity contribution is -0.787. The molecule has 0 bridgehead atoms. The van der Waals surface area contributed by atoms with Crippen molar-refractivity contribution in [1.29, 1.82) is 0 Å². The molecular formula is C44H50N2+2. The molecule has 3 aromatic carbocycles. The minimum absolute atomic E-state index is 0.0510. The topological polar surface area (TPSA) is 7.76 Å². The molecule has 3 heterocycles. The van der Waals surface area contributed by atoms with Gasteiger partial charge in [-0.2, -0.15) is 4.57 Å². The molecule has 0 amide bonds. The zero-order valence-corrected chi connectivity index (χ0v) is 29.0. The monoisotopic (exact) mass is 606 g/mol. The molecule has 2 nitrogen and oxygen atoms in total. The van der Waals surface area contributed by atoms with Crippen molar-refractivity contribution in [2.24, 2.45) is 13.0 Å². The van der Waals surface area contributed by atoms with E-state index >= 15 is 0 Å². The third-order valence-corrected chi connectivity index (χ3v) is 12.8. The van der Waals surface area contributed by atoms with E-state index in [1.54, 1.807) is 11.1 Å². The van der Waals surface area contributed by atoms with Crippen molar-refractivity contribution in [3.8, 4) is 22.5 Å². The standard InChI is InChI=1S/C44H50N2/c1-8-11-15-30-25-32-21-23-46-41-39(32)37(26-30)42(5,6)35-16-14-17-36(40(35)41)44(10-3)33(28-43(44,46)9-2)27-31-20-19-29(4)24-34(31)38-18-12-13-22-45(38)7/h12-14,16-26,33H,8-11,15,27-28H2,1-7H3/q+2. The molecule has 0 N–H and O–H groups in total. The maximum absolute atomic E-state index is 2.80. The van der Waals surface area contributed by atoms with Crippen LogP contribution in [0.2, 0.25) is 0 Å². The number of unbranched alkanes of at least 4 members (excludes halogenated alkanes) is 1. The number of aryl methyl sites for hydroxylation is 3. The number of benzene rings is 3. The Hall–Kier alpha value is -3.78. The first-order valence-electron chi connectivity index (χ1n) is 17.9. The van der Waals surface area contributed by atoms with E-state index in [4.69, 9.17) is 0 Å². The quantitative estimate of drug-likeness (QED) is 0.155. The van der Waals surface area contributed by atoms with Crippen molar-refractivity contribution in [3.05, 3.63) is 119 Å². The van der Waals surface area contributed by atoms with E-state index in [0.717, 1.165) is 25.7 Å². The summed E-state index contributed by atoms with van der Waals surface area (Å²) < 4.78 is 5.09. The van der Waals surface area contributed by atoms with E-state index in [9.17, 15) is 0 Å². The van der Waals surface area contributed by atoms with Crippen LogP contribution in [-0.2, 0) is 36.3 Å². The van der Waals surface area contributed by atoms with E-state index in [0.29, 0.717) is 5.92 Å². The Morgan fingerprint density at radius 3 is 2.41 bits per heavy atom. The van der Waals surface area contributed by atoms with Crippen LogP contribution >= 0.6 is 0 Å². The lowest BCUT2D eigenvalue weighted by Crippen LogP contribution is -2.79. The highest BCUT2D eigenvalue weighted by Crippen LogP contribution is 2.68. The molecule has 1 fully saturated rings. The number of rotatable bonds is 8. The Kier molecular flexibility index (Phi) is 6.67. The molecule has 0 saturated heterocycles. The second-order valence-corrected chi connectivity index (χ2v) is 15.3. The van der Waals surface area contributed by atoms with Crippen LogP contribution in [0.5, 0.6) is 0 Å². The first kappa shape index (κ1) is 29.6. The molecule has 3 unspecified atom stereocenters. The Labute approximate surface area is 276 Å². The van der Waals surface area contributed by atoms with Gasteiger partial charge in [-0.15, -0.1) is 0 Å². The highest BCUT2D eigenvalue weighted by Gasteiger charge is 2.73. The molecule has 3 atom stereocenters. The van der Waals surface area contributed by atoms with Gasteiger partial charge in [0.15, 0.2) is 17.9 Å². The summed E-state index contributed by atoms with van der Waals surface area (Å²) in [6, 6.07) is 28.7. The summed E-state index contributed by atoms with van der Waals surface area (Å²) in [5, 5.41) is 2.93. The number of fused-ring (bicyclic) bond motifs is 3. The first-order valence-corrected chi connectivity index (χ1v) is 17.9. The van der Waals surface area contributed by atoms with Gasteiger partial charge in [-0.3, -0.25) is 0 Å². The lowest BCUT2D eigenvalue weighted by atomic mass is 9.40. The molecule has 234 valence electrons. The van der Waals surface area contributed by atoms with Gasteiger partial charge in [-0.05, 0) is 83.9 Å². The largest absolute Gasteiger partial charge is 0.221 e. The summed E-state index contributed by atoms with van der Waals surface area (Å²) in [7, 11) is 2.18. The fourth-order valence-corrected chi connectivity index (χ4v) is 10.6. The molecular weight excluding hydrogens is 556 g/mol. The predicted molar refractivity (Wildman–Crippen MR) is 190 cm³/mol. The smallest absolute Gasteiger partial charge is 0.201 e. The molecule has 2 aliphatic carbocycles. The Morgan fingerprint density at radius 1 is 0.826 bits per heavy atom. The van der Waals surface area contributed by atoms with Crippen LogP contribution in [0.25, 0.3) is 33.3 Å². The van der Waals surface area contributed by atoms with Gasteiger partial charge in [-0.25, -0.2) is 4.57 Å². The molecule has 3 aliphatic rings. The second kappa shape index (κ2) is 10.4. The minimum atomic E-state index is -0.0510. The van der Waals surface area contributed by atoms with Crippen LogP contribution in [0.15, 0.2) is 85.2 Å². The fraction of sp³-hybridized carbons (Fsp3) is 0.409. The van der Waals surface area contributed by atoms with Gasteiger partial charge in [0.25, 0.3) is 0 Å². The number of nitrogens with zero attached hydrogens (tertiary/aromatic N) is 2. The first-order chi connectivity index (χ1) is 22.2. The Balaban J connectivity index is 1.35. The third-order valence-electron chi connectivity index (χ3n) is 12.8. The van der Waals surface area contributed by atoms with Gasteiger partial charge in [0, 0.05) is 42.0 Å². The number of aromatic nitrogens is 2.